The third-order valence-corrected chi connectivity index (χ3v) is 5.23. The van der Waals surface area contributed by atoms with Crippen LogP contribution in [0.3, 0.4) is 0 Å². The van der Waals surface area contributed by atoms with E-state index in [1.807, 2.05) is 0 Å². The molecule has 0 unspecified atom stereocenters. The summed E-state index contributed by atoms with van der Waals surface area (Å²) in [5.74, 6) is -2.21. The van der Waals surface area contributed by atoms with E-state index in [1.165, 1.54) is 38.5 Å². The van der Waals surface area contributed by atoms with Gasteiger partial charge in [-0.05, 0) is 24.6 Å². The monoisotopic (exact) mass is 347 g/mol. The number of hydrogen-bond donors (Lipinski definition) is 1. The molecule has 0 aliphatic rings. The van der Waals surface area contributed by atoms with Gasteiger partial charge < -0.3 is 0 Å². The number of benzene rings is 1. The summed E-state index contributed by atoms with van der Waals surface area (Å²) in [5.41, 5.74) is 0. The normalized spacial score (nSPS) is 11.8. The van der Waals surface area contributed by atoms with Crippen molar-refractivity contribution < 1.29 is 17.2 Å². The molecule has 1 N–H and O–H groups in total. The van der Waals surface area contributed by atoms with E-state index in [2.05, 4.69) is 11.6 Å². The fourth-order valence-corrected chi connectivity index (χ4v) is 3.46. The third kappa shape index (κ3) is 7.88. The SMILES string of the molecule is CCCCCCCCCCCNS(=O)(=O)c1ccc(F)c(F)c1. The molecule has 132 valence electrons. The predicted molar refractivity (Wildman–Crippen MR) is 88.8 cm³/mol. The maximum atomic E-state index is 13.1. The summed E-state index contributed by atoms with van der Waals surface area (Å²) < 4.78 is 52.2. The van der Waals surface area contributed by atoms with Gasteiger partial charge in [0, 0.05) is 6.54 Å². The van der Waals surface area contributed by atoms with Crippen LogP contribution in [0, 0.1) is 11.6 Å². The molecule has 0 saturated carbocycles. The second-order valence-corrected chi connectivity index (χ2v) is 7.57. The molecule has 0 amide bonds. The molecule has 1 rings (SSSR count). The van der Waals surface area contributed by atoms with E-state index in [-0.39, 0.29) is 4.90 Å². The van der Waals surface area contributed by atoms with Gasteiger partial charge in [0.2, 0.25) is 10.0 Å². The van der Waals surface area contributed by atoms with Crippen LogP contribution in [-0.2, 0) is 10.0 Å². The topological polar surface area (TPSA) is 46.2 Å². The maximum absolute atomic E-state index is 13.1. The minimum absolute atomic E-state index is 0.243. The Hall–Kier alpha value is -1.01. The van der Waals surface area contributed by atoms with Gasteiger partial charge in [0.15, 0.2) is 11.6 Å². The number of rotatable bonds is 12. The van der Waals surface area contributed by atoms with Gasteiger partial charge in [0.25, 0.3) is 0 Å². The van der Waals surface area contributed by atoms with E-state index in [1.54, 1.807) is 0 Å². The molecule has 0 aromatic heterocycles. The van der Waals surface area contributed by atoms with E-state index in [9.17, 15) is 17.2 Å². The summed E-state index contributed by atoms with van der Waals surface area (Å²) in [4.78, 5) is -0.243. The van der Waals surface area contributed by atoms with Gasteiger partial charge in [-0.3, -0.25) is 0 Å². The molecular formula is C17H27F2NO2S. The molecule has 1 aromatic rings. The Balaban J connectivity index is 2.18. The van der Waals surface area contributed by atoms with Crippen molar-refractivity contribution in [2.24, 2.45) is 0 Å². The molecule has 0 heterocycles. The quantitative estimate of drug-likeness (QED) is 0.553. The van der Waals surface area contributed by atoms with Gasteiger partial charge in [0.1, 0.15) is 0 Å². The number of nitrogens with one attached hydrogen (secondary N) is 1. The largest absolute Gasteiger partial charge is 0.240 e. The Bertz CT molecular complexity index is 562. The lowest BCUT2D eigenvalue weighted by Crippen LogP contribution is -2.25. The van der Waals surface area contributed by atoms with E-state index in [0.717, 1.165) is 31.4 Å². The van der Waals surface area contributed by atoms with Crippen LogP contribution in [0.25, 0.3) is 0 Å². The van der Waals surface area contributed by atoms with Crippen molar-refractivity contribution in [3.05, 3.63) is 29.8 Å². The summed E-state index contributed by atoms with van der Waals surface area (Å²) in [6.45, 7) is 2.51. The molecular weight excluding hydrogens is 320 g/mol. The van der Waals surface area contributed by atoms with Crippen molar-refractivity contribution in [2.45, 2.75) is 69.6 Å². The third-order valence-electron chi connectivity index (χ3n) is 3.77. The first-order valence-electron chi connectivity index (χ1n) is 8.42. The van der Waals surface area contributed by atoms with Gasteiger partial charge in [-0.2, -0.15) is 0 Å². The van der Waals surface area contributed by atoms with E-state index >= 15 is 0 Å². The summed E-state index contributed by atoms with van der Waals surface area (Å²) in [6, 6.07) is 2.59. The van der Waals surface area contributed by atoms with Gasteiger partial charge >= 0.3 is 0 Å². The summed E-state index contributed by atoms with van der Waals surface area (Å²) in [5, 5.41) is 0. The molecule has 0 fully saturated rings. The van der Waals surface area contributed by atoms with Crippen LogP contribution in [0.1, 0.15) is 64.7 Å². The highest BCUT2D eigenvalue weighted by atomic mass is 32.2. The van der Waals surface area contributed by atoms with Crippen LogP contribution in [0.5, 0.6) is 0 Å². The lowest BCUT2D eigenvalue weighted by atomic mass is 10.1. The highest BCUT2D eigenvalue weighted by molar-refractivity contribution is 7.89. The molecule has 0 spiro atoms. The average Bonchev–Trinajstić information content (AvgIpc) is 2.51. The summed E-state index contributed by atoms with van der Waals surface area (Å²) >= 11 is 0. The van der Waals surface area contributed by atoms with Crippen molar-refractivity contribution in [1.29, 1.82) is 0 Å². The maximum Gasteiger partial charge on any atom is 0.240 e. The number of unbranched alkanes of at least 4 members (excludes halogenated alkanes) is 8. The Morgan fingerprint density at radius 1 is 0.870 bits per heavy atom. The van der Waals surface area contributed by atoms with E-state index in [4.69, 9.17) is 0 Å². The standard InChI is InChI=1S/C17H27F2NO2S/c1-2-3-4-5-6-7-8-9-10-13-20-23(21,22)15-11-12-16(18)17(19)14-15/h11-12,14,20H,2-10,13H2,1H3. The lowest BCUT2D eigenvalue weighted by Gasteiger charge is -2.07. The molecule has 6 heteroatoms. The minimum atomic E-state index is -3.76. The first-order valence-corrected chi connectivity index (χ1v) is 9.90. The first-order chi connectivity index (χ1) is 11.0. The van der Waals surface area contributed by atoms with Crippen LogP contribution in [0.4, 0.5) is 8.78 Å². The zero-order chi connectivity index (χ0) is 17.1. The van der Waals surface area contributed by atoms with Crippen molar-refractivity contribution in [2.75, 3.05) is 6.54 Å². The summed E-state index contributed by atoms with van der Waals surface area (Å²) in [7, 11) is -3.76. The smallest absolute Gasteiger partial charge is 0.211 e. The van der Waals surface area contributed by atoms with Crippen LogP contribution < -0.4 is 4.72 Å². The highest BCUT2D eigenvalue weighted by Crippen LogP contribution is 2.14. The Kier molecular flexibility index (Phi) is 9.33. The number of halogens is 2. The number of sulfonamides is 1. The van der Waals surface area contributed by atoms with Crippen molar-refractivity contribution in [1.82, 2.24) is 4.72 Å². The van der Waals surface area contributed by atoms with Crippen molar-refractivity contribution in [3.63, 3.8) is 0 Å². The van der Waals surface area contributed by atoms with Crippen molar-refractivity contribution in [3.8, 4) is 0 Å². The zero-order valence-corrected chi connectivity index (χ0v) is 14.6. The van der Waals surface area contributed by atoms with Gasteiger partial charge in [-0.15, -0.1) is 0 Å². The fraction of sp³-hybridized carbons (Fsp3) is 0.647. The fourth-order valence-electron chi connectivity index (χ4n) is 2.37. The van der Waals surface area contributed by atoms with Crippen LogP contribution >= 0.6 is 0 Å². The highest BCUT2D eigenvalue weighted by Gasteiger charge is 2.15. The molecule has 0 bridgehead atoms. The predicted octanol–water partition coefficient (Wildman–Crippen LogP) is 4.77. The Labute approximate surface area is 138 Å². The summed E-state index contributed by atoms with van der Waals surface area (Å²) in [6.07, 6.45) is 10.3. The molecule has 3 nitrogen and oxygen atoms in total. The second-order valence-electron chi connectivity index (χ2n) is 5.80. The van der Waals surface area contributed by atoms with Gasteiger partial charge in [-0.1, -0.05) is 58.3 Å². The molecule has 0 saturated heterocycles. The molecule has 23 heavy (non-hydrogen) atoms. The molecule has 0 aliphatic carbocycles. The molecule has 0 aliphatic heterocycles. The lowest BCUT2D eigenvalue weighted by molar-refractivity contribution is 0.504. The second kappa shape index (κ2) is 10.7. The van der Waals surface area contributed by atoms with E-state index < -0.39 is 21.7 Å². The van der Waals surface area contributed by atoms with E-state index in [0.29, 0.717) is 12.6 Å². The van der Waals surface area contributed by atoms with Crippen LogP contribution in [-0.4, -0.2) is 15.0 Å². The van der Waals surface area contributed by atoms with Gasteiger partial charge in [-0.25, -0.2) is 21.9 Å². The number of hydrogen-bond acceptors (Lipinski definition) is 2. The van der Waals surface area contributed by atoms with Crippen LogP contribution in [0.2, 0.25) is 0 Å². The molecule has 1 aromatic carbocycles. The average molecular weight is 347 g/mol. The van der Waals surface area contributed by atoms with Crippen LogP contribution in [0.15, 0.2) is 23.1 Å². The molecule has 0 radical (unpaired) electrons. The Morgan fingerprint density at radius 3 is 2.00 bits per heavy atom. The van der Waals surface area contributed by atoms with Crippen molar-refractivity contribution >= 4 is 10.0 Å². The van der Waals surface area contributed by atoms with Gasteiger partial charge in [0.05, 0.1) is 4.90 Å². The Morgan fingerprint density at radius 2 is 1.43 bits per heavy atom. The minimum Gasteiger partial charge on any atom is -0.211 e. The molecule has 0 atom stereocenters. The zero-order valence-electron chi connectivity index (χ0n) is 13.8. The first kappa shape index (κ1) is 20.0.